The molecule has 1 heterocycles. The average molecular weight is 370 g/mol. The fourth-order valence-electron chi connectivity index (χ4n) is 2.38. The highest BCUT2D eigenvalue weighted by Gasteiger charge is 2.10. The predicted molar refractivity (Wildman–Crippen MR) is 101 cm³/mol. The van der Waals surface area contributed by atoms with Crippen LogP contribution in [0.4, 0.5) is 5.69 Å². The van der Waals surface area contributed by atoms with E-state index in [1.807, 2.05) is 0 Å². The minimum atomic E-state index is -0.356. The van der Waals surface area contributed by atoms with Gasteiger partial charge in [-0.3, -0.25) is 9.59 Å². The van der Waals surface area contributed by atoms with Crippen LogP contribution in [-0.2, 0) is 11.2 Å². The van der Waals surface area contributed by atoms with E-state index in [0.717, 1.165) is 5.56 Å². The summed E-state index contributed by atoms with van der Waals surface area (Å²) in [7, 11) is 1.55. The standard InChI is InChI=1S/C19H16ClN3O3/c1-26-16-4-2-3-15(10-16)22-17(24)9-13-11-21-18(23-19(13)25)12-5-7-14(20)8-6-12/h2-8,10-11H,9H2,1H3,(H,22,24)(H,21,23,25). The zero-order valence-electron chi connectivity index (χ0n) is 14.0. The number of carbonyl (C=O) groups is 1. The molecular weight excluding hydrogens is 354 g/mol. The molecule has 0 fully saturated rings. The van der Waals surface area contributed by atoms with Gasteiger partial charge in [0.15, 0.2) is 0 Å². The summed E-state index contributed by atoms with van der Waals surface area (Å²) < 4.78 is 5.11. The van der Waals surface area contributed by atoms with E-state index in [-0.39, 0.29) is 23.5 Å². The Morgan fingerprint density at radius 2 is 2.00 bits per heavy atom. The van der Waals surface area contributed by atoms with Crippen LogP contribution in [0.1, 0.15) is 5.56 Å². The maximum atomic E-state index is 12.2. The van der Waals surface area contributed by atoms with Gasteiger partial charge in [0, 0.05) is 34.1 Å². The molecule has 0 aliphatic heterocycles. The summed E-state index contributed by atoms with van der Waals surface area (Å²) in [4.78, 5) is 31.3. The molecule has 0 unspecified atom stereocenters. The van der Waals surface area contributed by atoms with Gasteiger partial charge < -0.3 is 15.0 Å². The number of aromatic nitrogens is 2. The highest BCUT2D eigenvalue weighted by molar-refractivity contribution is 6.30. The number of amides is 1. The van der Waals surface area contributed by atoms with E-state index >= 15 is 0 Å². The van der Waals surface area contributed by atoms with Gasteiger partial charge in [0.1, 0.15) is 11.6 Å². The second kappa shape index (κ2) is 7.84. The highest BCUT2D eigenvalue weighted by atomic mass is 35.5. The van der Waals surface area contributed by atoms with Crippen molar-refractivity contribution in [2.75, 3.05) is 12.4 Å². The van der Waals surface area contributed by atoms with Gasteiger partial charge in [-0.1, -0.05) is 17.7 Å². The Kier molecular flexibility index (Phi) is 5.34. The summed E-state index contributed by atoms with van der Waals surface area (Å²) >= 11 is 5.85. The number of aromatic amines is 1. The van der Waals surface area contributed by atoms with Crippen molar-refractivity contribution in [3.8, 4) is 17.1 Å². The lowest BCUT2D eigenvalue weighted by molar-refractivity contribution is -0.115. The lowest BCUT2D eigenvalue weighted by Gasteiger charge is -2.07. The summed E-state index contributed by atoms with van der Waals surface area (Å²) in [5, 5.41) is 3.33. The third-order valence-corrected chi connectivity index (χ3v) is 3.95. The molecule has 7 heteroatoms. The molecule has 1 aromatic heterocycles. The zero-order valence-corrected chi connectivity index (χ0v) is 14.7. The molecule has 132 valence electrons. The number of carbonyl (C=O) groups excluding carboxylic acids is 1. The number of H-pyrrole nitrogens is 1. The average Bonchev–Trinajstić information content (AvgIpc) is 2.64. The summed E-state index contributed by atoms with van der Waals surface area (Å²) in [5.41, 5.74) is 1.25. The topological polar surface area (TPSA) is 84.1 Å². The SMILES string of the molecule is COc1cccc(NC(=O)Cc2cnc(-c3ccc(Cl)cc3)[nH]c2=O)c1. The predicted octanol–water partition coefficient (Wildman–Crippen LogP) is 3.28. The largest absolute Gasteiger partial charge is 0.497 e. The number of nitrogens with one attached hydrogen (secondary N) is 2. The van der Waals surface area contributed by atoms with Crippen molar-refractivity contribution in [1.29, 1.82) is 0 Å². The molecule has 0 spiro atoms. The summed E-state index contributed by atoms with van der Waals surface area (Å²) in [6, 6.07) is 13.9. The van der Waals surface area contributed by atoms with Crippen LogP contribution in [-0.4, -0.2) is 23.0 Å². The first-order valence-corrected chi connectivity index (χ1v) is 8.21. The van der Waals surface area contributed by atoms with Crippen molar-refractivity contribution in [3.05, 3.63) is 75.7 Å². The monoisotopic (exact) mass is 369 g/mol. The second-order valence-corrected chi connectivity index (χ2v) is 5.99. The van der Waals surface area contributed by atoms with Crippen LogP contribution in [0, 0.1) is 0 Å². The van der Waals surface area contributed by atoms with Crippen molar-refractivity contribution in [1.82, 2.24) is 9.97 Å². The number of anilines is 1. The molecule has 0 aliphatic carbocycles. The van der Waals surface area contributed by atoms with Crippen molar-refractivity contribution in [2.24, 2.45) is 0 Å². The van der Waals surface area contributed by atoms with E-state index in [4.69, 9.17) is 16.3 Å². The molecule has 0 saturated heterocycles. The fraction of sp³-hybridized carbons (Fsp3) is 0.105. The number of rotatable bonds is 5. The smallest absolute Gasteiger partial charge is 0.254 e. The third-order valence-electron chi connectivity index (χ3n) is 3.70. The number of halogens is 1. The molecule has 3 rings (SSSR count). The minimum Gasteiger partial charge on any atom is -0.497 e. The number of benzene rings is 2. The van der Waals surface area contributed by atoms with E-state index in [0.29, 0.717) is 22.3 Å². The van der Waals surface area contributed by atoms with Crippen molar-refractivity contribution >= 4 is 23.2 Å². The second-order valence-electron chi connectivity index (χ2n) is 5.55. The molecule has 0 radical (unpaired) electrons. The molecule has 26 heavy (non-hydrogen) atoms. The van der Waals surface area contributed by atoms with Crippen LogP contribution in [0.2, 0.25) is 5.02 Å². The molecular formula is C19H16ClN3O3. The molecule has 1 amide bonds. The van der Waals surface area contributed by atoms with Gasteiger partial charge in [-0.25, -0.2) is 4.98 Å². The summed E-state index contributed by atoms with van der Waals surface area (Å²) in [6.45, 7) is 0. The molecule has 0 atom stereocenters. The van der Waals surface area contributed by atoms with E-state index in [2.05, 4.69) is 15.3 Å². The first-order valence-electron chi connectivity index (χ1n) is 7.83. The number of hydrogen-bond donors (Lipinski definition) is 2. The maximum Gasteiger partial charge on any atom is 0.254 e. The Morgan fingerprint density at radius 3 is 2.69 bits per heavy atom. The van der Waals surface area contributed by atoms with Gasteiger partial charge in [-0.2, -0.15) is 0 Å². The quantitative estimate of drug-likeness (QED) is 0.722. The Hall–Kier alpha value is -3.12. The lowest BCUT2D eigenvalue weighted by Crippen LogP contribution is -2.22. The highest BCUT2D eigenvalue weighted by Crippen LogP contribution is 2.18. The van der Waals surface area contributed by atoms with Gasteiger partial charge in [-0.15, -0.1) is 0 Å². The van der Waals surface area contributed by atoms with Crippen LogP contribution in [0.25, 0.3) is 11.4 Å². The van der Waals surface area contributed by atoms with Crippen LogP contribution >= 0.6 is 11.6 Å². The number of hydrogen-bond acceptors (Lipinski definition) is 4. The van der Waals surface area contributed by atoms with Gasteiger partial charge in [-0.05, 0) is 36.4 Å². The summed E-state index contributed by atoms with van der Waals surface area (Å²) in [6.07, 6.45) is 1.33. The third kappa shape index (κ3) is 4.29. The zero-order chi connectivity index (χ0) is 18.5. The number of nitrogens with zero attached hydrogens (tertiary/aromatic N) is 1. The Bertz CT molecular complexity index is 984. The first kappa shape index (κ1) is 17.7. The van der Waals surface area contributed by atoms with E-state index in [9.17, 15) is 9.59 Å². The lowest BCUT2D eigenvalue weighted by atomic mass is 10.2. The summed E-state index contributed by atoms with van der Waals surface area (Å²) in [5.74, 6) is 0.739. The van der Waals surface area contributed by atoms with E-state index in [1.165, 1.54) is 6.20 Å². The van der Waals surface area contributed by atoms with Gasteiger partial charge in [0.25, 0.3) is 5.56 Å². The maximum absolute atomic E-state index is 12.2. The Morgan fingerprint density at radius 1 is 1.23 bits per heavy atom. The Labute approximate surface area is 154 Å². The Balaban J connectivity index is 1.72. The van der Waals surface area contributed by atoms with Gasteiger partial charge in [0.2, 0.25) is 5.91 Å². The molecule has 6 nitrogen and oxygen atoms in total. The van der Waals surface area contributed by atoms with E-state index < -0.39 is 0 Å². The molecule has 0 bridgehead atoms. The van der Waals surface area contributed by atoms with Crippen LogP contribution in [0.3, 0.4) is 0 Å². The van der Waals surface area contributed by atoms with Crippen LogP contribution in [0.15, 0.2) is 59.5 Å². The van der Waals surface area contributed by atoms with Crippen LogP contribution in [0.5, 0.6) is 5.75 Å². The molecule has 3 aromatic rings. The number of methoxy groups -OCH3 is 1. The minimum absolute atomic E-state index is 0.0829. The van der Waals surface area contributed by atoms with E-state index in [1.54, 1.807) is 55.6 Å². The van der Waals surface area contributed by atoms with Crippen LogP contribution < -0.4 is 15.6 Å². The number of ether oxygens (including phenoxy) is 1. The molecule has 2 N–H and O–H groups in total. The molecule has 0 aliphatic rings. The normalized spacial score (nSPS) is 10.4. The van der Waals surface area contributed by atoms with Gasteiger partial charge >= 0.3 is 0 Å². The first-order chi connectivity index (χ1) is 12.5. The molecule has 0 saturated carbocycles. The van der Waals surface area contributed by atoms with Crippen molar-refractivity contribution < 1.29 is 9.53 Å². The van der Waals surface area contributed by atoms with Gasteiger partial charge in [0.05, 0.1) is 13.5 Å². The molecule has 2 aromatic carbocycles. The van der Waals surface area contributed by atoms with Crippen molar-refractivity contribution in [3.63, 3.8) is 0 Å². The van der Waals surface area contributed by atoms with Crippen molar-refractivity contribution in [2.45, 2.75) is 6.42 Å². The fourth-order valence-corrected chi connectivity index (χ4v) is 2.51.